The smallest absolute Gasteiger partial charge is 0.234 e. The molecule has 2 aromatic carbocycles. The average molecular weight is 477 g/mol. The Balaban J connectivity index is 1.46. The van der Waals surface area contributed by atoms with Crippen LogP contribution in [0.15, 0.2) is 51.1 Å². The highest BCUT2D eigenvalue weighted by Crippen LogP contribution is 2.31. The molecule has 1 amide bonds. The molecule has 3 aromatic rings. The Morgan fingerprint density at radius 1 is 0.963 bits per heavy atom. The molecular weight excluding hydrogens is 465 g/mol. The first kappa shape index (κ1) is 20.8. The Kier molecular flexibility index (Phi) is 7.69. The van der Waals surface area contributed by atoms with Crippen molar-refractivity contribution in [1.82, 2.24) is 10.2 Å². The van der Waals surface area contributed by atoms with Gasteiger partial charge in [-0.2, -0.15) is 0 Å². The van der Waals surface area contributed by atoms with Gasteiger partial charge in [-0.25, -0.2) is 0 Å². The number of halogens is 3. The zero-order valence-corrected chi connectivity index (χ0v) is 18.3. The third kappa shape index (κ3) is 6.55. The van der Waals surface area contributed by atoms with Crippen molar-refractivity contribution in [3.8, 4) is 0 Å². The van der Waals surface area contributed by atoms with Crippen molar-refractivity contribution in [3.05, 3.63) is 63.1 Å². The number of benzene rings is 2. The van der Waals surface area contributed by atoms with Gasteiger partial charge < -0.3 is 5.32 Å². The number of carbonyl (C=O) groups excluding carboxylic acids is 1. The molecule has 0 fully saturated rings. The van der Waals surface area contributed by atoms with Crippen LogP contribution < -0.4 is 5.32 Å². The summed E-state index contributed by atoms with van der Waals surface area (Å²) < 4.78 is 1.61. The van der Waals surface area contributed by atoms with Gasteiger partial charge in [0.25, 0.3) is 0 Å². The third-order valence-electron chi connectivity index (χ3n) is 3.19. The average Bonchev–Trinajstić information content (AvgIpc) is 3.11. The van der Waals surface area contributed by atoms with Crippen molar-refractivity contribution in [3.63, 3.8) is 0 Å². The van der Waals surface area contributed by atoms with E-state index in [-0.39, 0.29) is 11.7 Å². The molecule has 0 radical (unpaired) electrons. The number of rotatable bonds is 7. The lowest BCUT2D eigenvalue weighted by Crippen LogP contribution is -2.13. The molecule has 1 aromatic heterocycles. The predicted molar refractivity (Wildman–Crippen MR) is 117 cm³/mol. The molecule has 0 saturated heterocycles. The number of carbonyl (C=O) groups is 1. The number of hydrogen-bond acceptors (Lipinski definition) is 6. The topological polar surface area (TPSA) is 54.9 Å². The van der Waals surface area contributed by atoms with Crippen LogP contribution in [0, 0.1) is 0 Å². The van der Waals surface area contributed by atoms with Crippen LogP contribution in [-0.4, -0.2) is 21.9 Å². The minimum Gasteiger partial charge on any atom is -0.325 e. The zero-order chi connectivity index (χ0) is 19.2. The zero-order valence-electron chi connectivity index (χ0n) is 13.6. The van der Waals surface area contributed by atoms with Crippen molar-refractivity contribution < 1.29 is 4.79 Å². The fraction of sp³-hybridized carbons (Fsp3) is 0.118. The molecule has 1 heterocycles. The monoisotopic (exact) mass is 475 g/mol. The van der Waals surface area contributed by atoms with Gasteiger partial charge in [-0.15, -0.1) is 10.2 Å². The van der Waals surface area contributed by atoms with Crippen LogP contribution in [-0.2, 0) is 10.5 Å². The highest BCUT2D eigenvalue weighted by Gasteiger charge is 2.10. The fourth-order valence-corrected chi connectivity index (χ4v) is 5.14. The van der Waals surface area contributed by atoms with Crippen molar-refractivity contribution in [2.75, 3.05) is 11.1 Å². The van der Waals surface area contributed by atoms with E-state index in [1.807, 2.05) is 24.3 Å². The van der Waals surface area contributed by atoms with Gasteiger partial charge in [0, 0.05) is 16.5 Å². The fourth-order valence-electron chi connectivity index (χ4n) is 1.94. The summed E-state index contributed by atoms with van der Waals surface area (Å²) in [4.78, 5) is 12.1. The summed E-state index contributed by atoms with van der Waals surface area (Å²) >= 11 is 22.1. The van der Waals surface area contributed by atoms with E-state index in [0.717, 1.165) is 25.0 Å². The lowest BCUT2D eigenvalue weighted by Gasteiger charge is -2.05. The maximum atomic E-state index is 12.1. The Labute approximate surface area is 184 Å². The second-order valence-electron chi connectivity index (χ2n) is 5.21. The molecular formula is C17H12Cl3N3OS3. The van der Waals surface area contributed by atoms with E-state index in [9.17, 15) is 4.79 Å². The first-order chi connectivity index (χ1) is 13.0. The Hall–Kier alpha value is -0.960. The van der Waals surface area contributed by atoms with Crippen molar-refractivity contribution in [2.24, 2.45) is 0 Å². The van der Waals surface area contributed by atoms with E-state index in [0.29, 0.717) is 15.7 Å². The molecule has 0 atom stereocenters. The number of amides is 1. The number of nitrogens with one attached hydrogen (secondary N) is 1. The largest absolute Gasteiger partial charge is 0.325 e. The summed E-state index contributed by atoms with van der Waals surface area (Å²) in [5.74, 6) is 0.870. The molecule has 1 N–H and O–H groups in total. The summed E-state index contributed by atoms with van der Waals surface area (Å²) in [6.45, 7) is 0. The number of thioether (sulfide) groups is 2. The second-order valence-corrected chi connectivity index (χ2v) is 9.89. The standard InChI is InChI=1S/C17H12Cl3N3OS3/c18-11-3-1-10(2-4-11)8-25-16-22-23-17(27-16)26-9-15(24)21-12-5-6-13(19)14(20)7-12/h1-7H,8-9H2,(H,21,24). The summed E-state index contributed by atoms with van der Waals surface area (Å²) in [6, 6.07) is 12.7. The molecule has 10 heteroatoms. The number of anilines is 1. The van der Waals surface area contributed by atoms with Gasteiger partial charge in [-0.3, -0.25) is 4.79 Å². The van der Waals surface area contributed by atoms with Gasteiger partial charge in [-0.05, 0) is 35.9 Å². The highest BCUT2D eigenvalue weighted by atomic mass is 35.5. The highest BCUT2D eigenvalue weighted by molar-refractivity contribution is 8.03. The van der Waals surface area contributed by atoms with Crippen molar-refractivity contribution in [2.45, 2.75) is 14.4 Å². The first-order valence-corrected chi connectivity index (χ1v) is 11.5. The molecule has 0 aliphatic rings. The lowest BCUT2D eigenvalue weighted by molar-refractivity contribution is -0.113. The van der Waals surface area contributed by atoms with Crippen LogP contribution in [0.1, 0.15) is 5.56 Å². The minimum absolute atomic E-state index is 0.149. The Morgan fingerprint density at radius 2 is 1.67 bits per heavy atom. The maximum Gasteiger partial charge on any atom is 0.234 e. The van der Waals surface area contributed by atoms with E-state index in [4.69, 9.17) is 34.8 Å². The second kappa shape index (κ2) is 10.0. The van der Waals surface area contributed by atoms with Gasteiger partial charge in [0.2, 0.25) is 5.91 Å². The normalized spacial score (nSPS) is 10.8. The molecule has 0 aliphatic carbocycles. The summed E-state index contributed by atoms with van der Waals surface area (Å²) in [6.07, 6.45) is 0. The quantitative estimate of drug-likeness (QED) is 0.393. The van der Waals surface area contributed by atoms with Crippen LogP contribution in [0.2, 0.25) is 15.1 Å². The predicted octanol–water partition coefficient (Wildman–Crippen LogP) is 6.52. The molecule has 4 nitrogen and oxygen atoms in total. The van der Waals surface area contributed by atoms with Gasteiger partial charge in [0.05, 0.1) is 15.8 Å². The number of nitrogens with zero attached hydrogens (tertiary/aromatic N) is 2. The van der Waals surface area contributed by atoms with E-state index in [1.54, 1.807) is 30.0 Å². The molecule has 0 unspecified atom stereocenters. The summed E-state index contributed by atoms with van der Waals surface area (Å²) in [7, 11) is 0. The van der Waals surface area contributed by atoms with Crippen LogP contribution in [0.5, 0.6) is 0 Å². The number of aromatic nitrogens is 2. The maximum absolute atomic E-state index is 12.1. The molecule has 27 heavy (non-hydrogen) atoms. The third-order valence-corrected chi connectivity index (χ3v) is 7.45. The molecule has 0 saturated carbocycles. The minimum atomic E-state index is -0.149. The Morgan fingerprint density at radius 3 is 2.37 bits per heavy atom. The van der Waals surface area contributed by atoms with Crippen LogP contribution >= 0.6 is 69.7 Å². The summed E-state index contributed by atoms with van der Waals surface area (Å²) in [5.41, 5.74) is 1.77. The molecule has 0 spiro atoms. The van der Waals surface area contributed by atoms with Crippen LogP contribution in [0.3, 0.4) is 0 Å². The van der Waals surface area contributed by atoms with E-state index < -0.39 is 0 Å². The number of hydrogen-bond donors (Lipinski definition) is 1. The van der Waals surface area contributed by atoms with Gasteiger partial charge in [0.1, 0.15) is 0 Å². The molecule has 0 bridgehead atoms. The molecule has 0 aliphatic heterocycles. The van der Waals surface area contributed by atoms with Crippen LogP contribution in [0.25, 0.3) is 0 Å². The van der Waals surface area contributed by atoms with Crippen molar-refractivity contribution in [1.29, 1.82) is 0 Å². The Bertz CT molecular complexity index is 935. The van der Waals surface area contributed by atoms with Gasteiger partial charge >= 0.3 is 0 Å². The van der Waals surface area contributed by atoms with E-state index >= 15 is 0 Å². The van der Waals surface area contributed by atoms with E-state index in [2.05, 4.69) is 15.5 Å². The lowest BCUT2D eigenvalue weighted by atomic mass is 10.2. The summed E-state index contributed by atoms with van der Waals surface area (Å²) in [5, 5.41) is 12.6. The van der Waals surface area contributed by atoms with Crippen LogP contribution in [0.4, 0.5) is 5.69 Å². The van der Waals surface area contributed by atoms with E-state index in [1.165, 1.54) is 23.1 Å². The molecule has 3 rings (SSSR count). The SMILES string of the molecule is O=C(CSc1nnc(SCc2ccc(Cl)cc2)s1)Nc1ccc(Cl)c(Cl)c1. The van der Waals surface area contributed by atoms with Gasteiger partial charge in [0.15, 0.2) is 8.68 Å². The molecule has 140 valence electrons. The van der Waals surface area contributed by atoms with Gasteiger partial charge in [-0.1, -0.05) is 81.8 Å². The van der Waals surface area contributed by atoms with Crippen molar-refractivity contribution >= 4 is 81.3 Å². The first-order valence-electron chi connectivity index (χ1n) is 7.58.